The van der Waals surface area contributed by atoms with Gasteiger partial charge in [-0.3, -0.25) is 9.59 Å². The quantitative estimate of drug-likeness (QED) is 0.484. The van der Waals surface area contributed by atoms with E-state index < -0.39 is 0 Å². The number of esters is 2. The molecular weight excluding hydrogens is 295 g/mol. The van der Waals surface area contributed by atoms with Gasteiger partial charge in [0.25, 0.3) is 0 Å². The molecule has 0 saturated carbocycles. The van der Waals surface area contributed by atoms with Crippen molar-refractivity contribution in [2.75, 3.05) is 7.11 Å². The molecule has 5 nitrogen and oxygen atoms in total. The fraction of sp³-hybridized carbons (Fsp3) is 0.375. The molecule has 2 rings (SSSR count). The van der Waals surface area contributed by atoms with Gasteiger partial charge >= 0.3 is 41.5 Å². The van der Waals surface area contributed by atoms with E-state index in [-0.39, 0.29) is 53.7 Å². The Balaban J connectivity index is 0.000000423. The molecule has 0 amide bonds. The maximum atomic E-state index is 10.6. The van der Waals surface area contributed by atoms with Crippen LogP contribution in [0.4, 0.5) is 0 Å². The minimum absolute atomic E-state index is 0. The van der Waals surface area contributed by atoms with E-state index in [1.165, 1.54) is 13.8 Å². The summed E-state index contributed by atoms with van der Waals surface area (Å²) in [6, 6.07) is 9.68. The average Bonchev–Trinajstić information content (AvgIpc) is 2.86. The summed E-state index contributed by atoms with van der Waals surface area (Å²) >= 11 is 0. The number of carbonyl (C=O) groups excluding carboxylic acids is 2. The van der Waals surface area contributed by atoms with Crippen LogP contribution < -0.4 is 4.74 Å². The monoisotopic (exact) mass is 316 g/mol. The molecule has 0 aromatic heterocycles. The van der Waals surface area contributed by atoms with Crippen molar-refractivity contribution in [3.05, 3.63) is 42.5 Å². The number of hydrogen-bond acceptors (Lipinski definition) is 5. The van der Waals surface area contributed by atoms with E-state index in [0.29, 0.717) is 6.42 Å². The van der Waals surface area contributed by atoms with Gasteiger partial charge in [-0.15, -0.1) is 0 Å². The minimum atomic E-state index is -0.321. The number of carbonyl (C=O) groups is 2. The Morgan fingerprint density at radius 3 is 1.73 bits per heavy atom. The van der Waals surface area contributed by atoms with Crippen molar-refractivity contribution in [3.63, 3.8) is 0 Å². The van der Waals surface area contributed by atoms with Crippen LogP contribution in [0.15, 0.2) is 42.5 Å². The Labute approximate surface area is 152 Å². The molecule has 0 N–H and O–H groups in total. The van der Waals surface area contributed by atoms with Crippen LogP contribution in [0, 0.1) is 0 Å². The average molecular weight is 316 g/mol. The van der Waals surface area contributed by atoms with Gasteiger partial charge in [-0.2, -0.15) is 0 Å². The molecule has 1 aliphatic rings. The summed E-state index contributed by atoms with van der Waals surface area (Å²) in [6.45, 7) is 2.71. The fourth-order valence-electron chi connectivity index (χ4n) is 1.79. The number of para-hydroxylation sites is 1. The normalized spacial score (nSPS) is 18.3. The molecule has 1 aromatic rings. The zero-order valence-electron chi connectivity index (χ0n) is 12.4. The molecule has 0 fully saturated rings. The molecule has 0 bridgehead atoms. The number of ether oxygens (including phenoxy) is 3. The molecule has 22 heavy (non-hydrogen) atoms. The SMILES string of the molecule is CC(=O)OC1C=CC(OC(C)=O)C1.COc1ccccc1.[NaH]. The van der Waals surface area contributed by atoms with E-state index in [9.17, 15) is 9.59 Å². The van der Waals surface area contributed by atoms with Gasteiger partial charge in [-0.25, -0.2) is 0 Å². The summed E-state index contributed by atoms with van der Waals surface area (Å²) in [5, 5.41) is 0. The summed E-state index contributed by atoms with van der Waals surface area (Å²) in [6.07, 6.45) is 3.49. The Morgan fingerprint density at radius 2 is 1.41 bits per heavy atom. The van der Waals surface area contributed by atoms with Crippen LogP contribution in [-0.4, -0.2) is 60.8 Å². The third kappa shape index (κ3) is 8.87. The standard InChI is InChI=1S/C9H12O4.C7H8O.Na.H/c1-6(10)12-8-3-4-9(5-8)13-7(2)11;1-8-7-5-3-2-4-6-7;;/h3-4,8-9H,5H2,1-2H3;2-6H,1H3;;. The second-order valence-electron chi connectivity index (χ2n) is 4.43. The maximum absolute atomic E-state index is 10.6. The summed E-state index contributed by atoms with van der Waals surface area (Å²) < 4.78 is 14.7. The summed E-state index contributed by atoms with van der Waals surface area (Å²) in [5.41, 5.74) is 0. The van der Waals surface area contributed by atoms with Crippen molar-refractivity contribution in [1.29, 1.82) is 0 Å². The van der Waals surface area contributed by atoms with Gasteiger partial charge in [0, 0.05) is 20.3 Å². The number of benzene rings is 1. The molecule has 0 heterocycles. The van der Waals surface area contributed by atoms with E-state index >= 15 is 0 Å². The second-order valence-corrected chi connectivity index (χ2v) is 4.43. The van der Waals surface area contributed by atoms with Gasteiger partial charge in [-0.1, -0.05) is 18.2 Å². The van der Waals surface area contributed by atoms with Crippen LogP contribution in [0.1, 0.15) is 20.3 Å². The molecular formula is C16H21NaO5. The molecule has 116 valence electrons. The fourth-order valence-corrected chi connectivity index (χ4v) is 1.79. The number of methoxy groups -OCH3 is 1. The van der Waals surface area contributed by atoms with E-state index in [0.717, 1.165) is 5.75 Å². The van der Waals surface area contributed by atoms with Crippen LogP contribution >= 0.6 is 0 Å². The first-order valence-corrected chi connectivity index (χ1v) is 6.63. The van der Waals surface area contributed by atoms with Crippen molar-refractivity contribution in [2.45, 2.75) is 32.5 Å². The third-order valence-corrected chi connectivity index (χ3v) is 2.62. The van der Waals surface area contributed by atoms with Gasteiger partial charge in [-0.05, 0) is 24.3 Å². The Bertz CT molecular complexity index is 463. The molecule has 2 unspecified atom stereocenters. The molecule has 1 aliphatic carbocycles. The van der Waals surface area contributed by atoms with Crippen LogP contribution in [0.5, 0.6) is 5.75 Å². The van der Waals surface area contributed by atoms with E-state index in [1.54, 1.807) is 19.3 Å². The molecule has 0 aliphatic heterocycles. The molecule has 1 aromatic carbocycles. The Morgan fingerprint density at radius 1 is 0.955 bits per heavy atom. The van der Waals surface area contributed by atoms with Gasteiger partial charge in [0.15, 0.2) is 0 Å². The molecule has 2 atom stereocenters. The van der Waals surface area contributed by atoms with Crippen molar-refractivity contribution in [3.8, 4) is 5.75 Å². The first-order valence-electron chi connectivity index (χ1n) is 6.63. The number of hydrogen-bond donors (Lipinski definition) is 0. The van der Waals surface area contributed by atoms with E-state index in [4.69, 9.17) is 14.2 Å². The summed E-state index contributed by atoms with van der Waals surface area (Å²) in [5.74, 6) is 0.267. The Hall–Kier alpha value is -1.30. The van der Waals surface area contributed by atoms with Crippen LogP contribution in [0.2, 0.25) is 0 Å². The topological polar surface area (TPSA) is 61.8 Å². The molecule has 0 radical (unpaired) electrons. The van der Waals surface area contributed by atoms with Crippen molar-refractivity contribution in [1.82, 2.24) is 0 Å². The molecule has 6 heteroatoms. The molecule has 0 saturated heterocycles. The summed E-state index contributed by atoms with van der Waals surface area (Å²) in [4.78, 5) is 21.1. The third-order valence-electron chi connectivity index (χ3n) is 2.62. The predicted octanol–water partition coefficient (Wildman–Crippen LogP) is 1.86. The van der Waals surface area contributed by atoms with Gasteiger partial charge in [0.05, 0.1) is 7.11 Å². The van der Waals surface area contributed by atoms with Gasteiger partial charge in [0.1, 0.15) is 18.0 Å². The van der Waals surface area contributed by atoms with Gasteiger partial charge in [0.2, 0.25) is 0 Å². The van der Waals surface area contributed by atoms with Crippen molar-refractivity contribution in [2.24, 2.45) is 0 Å². The molecule has 0 spiro atoms. The van der Waals surface area contributed by atoms with Crippen molar-refractivity contribution >= 4 is 41.5 Å². The van der Waals surface area contributed by atoms with Crippen LogP contribution in [0.3, 0.4) is 0 Å². The van der Waals surface area contributed by atoms with E-state index in [2.05, 4.69) is 0 Å². The van der Waals surface area contributed by atoms with E-state index in [1.807, 2.05) is 30.3 Å². The summed E-state index contributed by atoms with van der Waals surface area (Å²) in [7, 11) is 1.66. The zero-order chi connectivity index (χ0) is 15.7. The predicted molar refractivity (Wildman–Crippen MR) is 85.0 cm³/mol. The zero-order valence-corrected chi connectivity index (χ0v) is 12.4. The first-order chi connectivity index (χ1) is 10.0. The van der Waals surface area contributed by atoms with Gasteiger partial charge < -0.3 is 14.2 Å². The van der Waals surface area contributed by atoms with Crippen molar-refractivity contribution < 1.29 is 23.8 Å². The number of rotatable bonds is 3. The Kier molecular flexibility index (Phi) is 10.6. The second kappa shape index (κ2) is 11.3. The first kappa shape index (κ1) is 20.7. The van der Waals surface area contributed by atoms with Crippen LogP contribution in [0.25, 0.3) is 0 Å². The van der Waals surface area contributed by atoms with Crippen LogP contribution in [-0.2, 0) is 19.1 Å².